The number of nitrogens with two attached hydrogens (primary N) is 1. The average Bonchev–Trinajstić information content (AvgIpc) is 1.77. The van der Waals surface area contributed by atoms with E-state index in [9.17, 15) is 4.79 Å². The molecule has 8 heavy (non-hydrogen) atoms. The number of hydrogen-bond acceptors (Lipinski definition) is 3. The van der Waals surface area contributed by atoms with Gasteiger partial charge in [0.2, 0.25) is 0 Å². The van der Waals surface area contributed by atoms with E-state index in [1.165, 1.54) is 0 Å². The van der Waals surface area contributed by atoms with Gasteiger partial charge < -0.3 is 5.73 Å². The lowest BCUT2D eigenvalue weighted by atomic mass is 10.2. The van der Waals surface area contributed by atoms with Gasteiger partial charge in [-0.15, -0.1) is 0 Å². The Morgan fingerprint density at radius 3 is 3.00 bits per heavy atom. The number of hydrogen-bond donors (Lipinski definition) is 2. The highest BCUT2D eigenvalue weighted by Gasteiger charge is 2.17. The molecule has 0 aromatic rings. The fraction of sp³-hybridized carbons (Fsp3) is 0.750. The molecule has 1 heterocycles. The molecule has 1 rings (SSSR count). The molecular formula is C4H8N2O2. The summed E-state index contributed by atoms with van der Waals surface area (Å²) >= 11 is 0. The molecule has 0 aromatic heterocycles. The molecule has 4 nitrogen and oxygen atoms in total. The molecule has 0 radical (unpaired) electrons. The predicted octanol–water partition coefficient (Wildman–Crippen LogP) is -1.23. The summed E-state index contributed by atoms with van der Waals surface area (Å²) in [5.41, 5.74) is 7.45. The van der Waals surface area contributed by atoms with E-state index in [4.69, 9.17) is 5.73 Å². The Labute approximate surface area is 46.9 Å². The molecule has 1 amide bonds. The van der Waals surface area contributed by atoms with E-state index in [0.717, 1.165) is 0 Å². The maximum absolute atomic E-state index is 10.4. The first-order valence-corrected chi connectivity index (χ1v) is 2.48. The van der Waals surface area contributed by atoms with Crippen molar-refractivity contribution in [2.45, 2.75) is 12.5 Å². The molecule has 1 saturated heterocycles. The lowest BCUT2D eigenvalue weighted by Crippen LogP contribution is -2.45. The van der Waals surface area contributed by atoms with Crippen molar-refractivity contribution < 1.29 is 9.63 Å². The summed E-state index contributed by atoms with van der Waals surface area (Å²) in [6, 6.07) is -0.372. The van der Waals surface area contributed by atoms with Gasteiger partial charge in [0.1, 0.15) is 0 Å². The van der Waals surface area contributed by atoms with Gasteiger partial charge in [0.15, 0.2) is 0 Å². The Hall–Kier alpha value is -0.610. The van der Waals surface area contributed by atoms with E-state index < -0.39 is 0 Å². The van der Waals surface area contributed by atoms with Gasteiger partial charge in [-0.1, -0.05) is 0 Å². The predicted molar refractivity (Wildman–Crippen MR) is 26.7 cm³/mol. The molecule has 0 spiro atoms. The second-order valence-corrected chi connectivity index (χ2v) is 1.71. The van der Waals surface area contributed by atoms with Crippen LogP contribution in [0.5, 0.6) is 0 Å². The zero-order valence-corrected chi connectivity index (χ0v) is 4.39. The summed E-state index contributed by atoms with van der Waals surface area (Å²) in [6.45, 7) is 0.521. The van der Waals surface area contributed by atoms with Crippen LogP contribution in [0.2, 0.25) is 0 Å². The Balaban J connectivity index is 2.39. The van der Waals surface area contributed by atoms with Crippen LogP contribution in [0.4, 0.5) is 0 Å². The summed E-state index contributed by atoms with van der Waals surface area (Å²) < 4.78 is 0. The molecule has 1 aliphatic rings. The number of hydroxylamine groups is 1. The van der Waals surface area contributed by atoms with Crippen LogP contribution in [0.15, 0.2) is 0 Å². The molecule has 0 bridgehead atoms. The molecule has 0 aliphatic carbocycles. The SMILES string of the molecule is NC1CCONC1=O. The Morgan fingerprint density at radius 2 is 2.62 bits per heavy atom. The topological polar surface area (TPSA) is 64.3 Å². The third-order valence-corrected chi connectivity index (χ3v) is 1.04. The highest BCUT2D eigenvalue weighted by Crippen LogP contribution is 1.93. The van der Waals surface area contributed by atoms with Gasteiger partial charge >= 0.3 is 0 Å². The number of carbonyl (C=O) groups excluding carboxylic acids is 1. The second-order valence-electron chi connectivity index (χ2n) is 1.71. The third kappa shape index (κ3) is 0.962. The first-order valence-electron chi connectivity index (χ1n) is 2.48. The van der Waals surface area contributed by atoms with Crippen LogP contribution in [-0.4, -0.2) is 18.6 Å². The smallest absolute Gasteiger partial charge is 0.260 e. The number of amides is 1. The second kappa shape index (κ2) is 2.11. The fourth-order valence-corrected chi connectivity index (χ4v) is 0.515. The van der Waals surface area contributed by atoms with Crippen molar-refractivity contribution in [3.63, 3.8) is 0 Å². The van der Waals surface area contributed by atoms with E-state index in [0.29, 0.717) is 13.0 Å². The zero-order valence-electron chi connectivity index (χ0n) is 4.39. The number of nitrogens with one attached hydrogen (secondary N) is 1. The minimum Gasteiger partial charge on any atom is -0.320 e. The van der Waals surface area contributed by atoms with E-state index in [1.54, 1.807) is 0 Å². The van der Waals surface area contributed by atoms with Crippen molar-refractivity contribution in [3.05, 3.63) is 0 Å². The molecule has 1 atom stereocenters. The quantitative estimate of drug-likeness (QED) is 0.416. The molecule has 0 saturated carbocycles. The summed E-state index contributed by atoms with van der Waals surface area (Å²) in [6.07, 6.45) is 0.617. The van der Waals surface area contributed by atoms with Crippen LogP contribution in [0.25, 0.3) is 0 Å². The molecule has 1 unspecified atom stereocenters. The van der Waals surface area contributed by atoms with Gasteiger partial charge in [-0.05, 0) is 6.42 Å². The monoisotopic (exact) mass is 116 g/mol. The molecule has 1 aliphatic heterocycles. The Kier molecular flexibility index (Phi) is 1.45. The number of carbonyl (C=O) groups is 1. The van der Waals surface area contributed by atoms with Gasteiger partial charge in [-0.2, -0.15) is 0 Å². The van der Waals surface area contributed by atoms with Crippen LogP contribution >= 0.6 is 0 Å². The van der Waals surface area contributed by atoms with E-state index in [-0.39, 0.29) is 11.9 Å². The standard InChI is InChI=1S/C4H8N2O2/c5-3-1-2-8-6-4(3)7/h3H,1-2,5H2,(H,6,7). The van der Waals surface area contributed by atoms with Crippen LogP contribution in [-0.2, 0) is 9.63 Å². The van der Waals surface area contributed by atoms with Gasteiger partial charge in [-0.3, -0.25) is 9.63 Å². The molecule has 1 fully saturated rings. The van der Waals surface area contributed by atoms with E-state index in [1.807, 2.05) is 0 Å². The molecule has 0 aromatic carbocycles. The van der Waals surface area contributed by atoms with Crippen molar-refractivity contribution in [2.75, 3.05) is 6.61 Å². The van der Waals surface area contributed by atoms with E-state index in [2.05, 4.69) is 10.3 Å². The third-order valence-electron chi connectivity index (χ3n) is 1.04. The summed E-state index contributed by atoms with van der Waals surface area (Å²) in [5, 5.41) is 0. The van der Waals surface area contributed by atoms with Crippen molar-refractivity contribution in [3.8, 4) is 0 Å². The highest BCUT2D eigenvalue weighted by molar-refractivity contribution is 5.80. The summed E-state index contributed by atoms with van der Waals surface area (Å²) in [4.78, 5) is 15.0. The van der Waals surface area contributed by atoms with Gasteiger partial charge in [-0.25, -0.2) is 5.48 Å². The zero-order chi connectivity index (χ0) is 5.98. The highest BCUT2D eigenvalue weighted by atomic mass is 16.7. The lowest BCUT2D eigenvalue weighted by molar-refractivity contribution is -0.140. The lowest BCUT2D eigenvalue weighted by Gasteiger charge is -2.16. The van der Waals surface area contributed by atoms with Gasteiger partial charge in [0, 0.05) is 0 Å². The first-order chi connectivity index (χ1) is 3.80. The summed E-state index contributed by atoms with van der Waals surface area (Å²) in [7, 11) is 0. The Morgan fingerprint density at radius 1 is 1.88 bits per heavy atom. The minimum atomic E-state index is -0.372. The van der Waals surface area contributed by atoms with Crippen LogP contribution in [0, 0.1) is 0 Å². The fourth-order valence-electron chi connectivity index (χ4n) is 0.515. The van der Waals surface area contributed by atoms with Crippen LogP contribution in [0.3, 0.4) is 0 Å². The minimum absolute atomic E-state index is 0.226. The molecule has 3 N–H and O–H groups in total. The molecule has 46 valence electrons. The maximum Gasteiger partial charge on any atom is 0.260 e. The van der Waals surface area contributed by atoms with Crippen LogP contribution < -0.4 is 11.2 Å². The van der Waals surface area contributed by atoms with E-state index >= 15 is 0 Å². The Bertz CT molecular complexity index is 104. The average molecular weight is 116 g/mol. The van der Waals surface area contributed by atoms with Gasteiger partial charge in [0.25, 0.3) is 5.91 Å². The van der Waals surface area contributed by atoms with Crippen molar-refractivity contribution in [2.24, 2.45) is 5.73 Å². The molecular weight excluding hydrogens is 108 g/mol. The molecule has 4 heteroatoms. The number of rotatable bonds is 0. The summed E-state index contributed by atoms with van der Waals surface area (Å²) in [5.74, 6) is -0.226. The van der Waals surface area contributed by atoms with Crippen molar-refractivity contribution in [1.82, 2.24) is 5.48 Å². The van der Waals surface area contributed by atoms with Crippen LogP contribution in [0.1, 0.15) is 6.42 Å². The normalized spacial score (nSPS) is 29.6. The first kappa shape index (κ1) is 5.53. The van der Waals surface area contributed by atoms with Crippen molar-refractivity contribution in [1.29, 1.82) is 0 Å². The van der Waals surface area contributed by atoms with Crippen molar-refractivity contribution >= 4 is 5.91 Å². The maximum atomic E-state index is 10.4. The largest absolute Gasteiger partial charge is 0.320 e. The van der Waals surface area contributed by atoms with Gasteiger partial charge in [0.05, 0.1) is 12.6 Å².